The zero-order valence-electron chi connectivity index (χ0n) is 12.3. The molecule has 2 aromatic carbocycles. The molecule has 2 nitrogen and oxygen atoms in total. The summed E-state index contributed by atoms with van der Waals surface area (Å²) in [6, 6.07) is 18.8. The lowest BCUT2D eigenvalue weighted by atomic mass is 9.95. The zero-order chi connectivity index (χ0) is 14.7. The van der Waals surface area contributed by atoms with Gasteiger partial charge in [-0.15, -0.1) is 0 Å². The maximum absolute atomic E-state index is 6.43. The molecule has 0 aliphatic heterocycles. The quantitative estimate of drug-likeness (QED) is 0.776. The highest BCUT2D eigenvalue weighted by atomic mass is 14.7. The van der Waals surface area contributed by atoms with Crippen LogP contribution in [-0.2, 0) is 6.42 Å². The van der Waals surface area contributed by atoms with Crippen molar-refractivity contribution < 1.29 is 0 Å². The van der Waals surface area contributed by atoms with Gasteiger partial charge in [0.05, 0.1) is 5.52 Å². The van der Waals surface area contributed by atoms with Crippen molar-refractivity contribution in [2.75, 3.05) is 0 Å². The molecule has 1 heterocycles. The van der Waals surface area contributed by atoms with Crippen molar-refractivity contribution in [1.29, 1.82) is 0 Å². The van der Waals surface area contributed by atoms with Crippen LogP contribution in [0.15, 0.2) is 60.8 Å². The summed E-state index contributed by atoms with van der Waals surface area (Å²) in [5.41, 5.74) is 11.4. The van der Waals surface area contributed by atoms with E-state index < -0.39 is 0 Å². The SMILES string of the molecule is Cc1ccccc1CCC(N)c1cccc2ncccc12. The van der Waals surface area contributed by atoms with Gasteiger partial charge in [0.25, 0.3) is 0 Å². The number of fused-ring (bicyclic) bond motifs is 1. The van der Waals surface area contributed by atoms with Crippen LogP contribution in [0, 0.1) is 6.92 Å². The van der Waals surface area contributed by atoms with Crippen molar-refractivity contribution in [3.05, 3.63) is 77.5 Å². The van der Waals surface area contributed by atoms with E-state index in [4.69, 9.17) is 5.73 Å². The molecule has 106 valence electrons. The fourth-order valence-corrected chi connectivity index (χ4v) is 2.81. The largest absolute Gasteiger partial charge is 0.324 e. The molecular weight excluding hydrogens is 256 g/mol. The van der Waals surface area contributed by atoms with Crippen LogP contribution in [0.4, 0.5) is 0 Å². The van der Waals surface area contributed by atoms with Gasteiger partial charge in [0.1, 0.15) is 0 Å². The highest BCUT2D eigenvalue weighted by molar-refractivity contribution is 5.82. The van der Waals surface area contributed by atoms with Crippen LogP contribution in [0.1, 0.15) is 29.2 Å². The number of benzene rings is 2. The molecule has 2 N–H and O–H groups in total. The van der Waals surface area contributed by atoms with E-state index in [9.17, 15) is 0 Å². The number of aryl methyl sites for hydroxylation is 2. The number of rotatable bonds is 4. The highest BCUT2D eigenvalue weighted by Crippen LogP contribution is 2.25. The summed E-state index contributed by atoms with van der Waals surface area (Å²) in [6.45, 7) is 2.16. The Hall–Kier alpha value is -2.19. The number of hydrogen-bond donors (Lipinski definition) is 1. The monoisotopic (exact) mass is 276 g/mol. The van der Waals surface area contributed by atoms with Gasteiger partial charge in [-0.05, 0) is 48.6 Å². The van der Waals surface area contributed by atoms with E-state index >= 15 is 0 Å². The predicted octanol–water partition coefficient (Wildman–Crippen LogP) is 4.18. The molecule has 0 amide bonds. The van der Waals surface area contributed by atoms with Crippen molar-refractivity contribution in [2.24, 2.45) is 5.73 Å². The van der Waals surface area contributed by atoms with Gasteiger partial charge in [0.15, 0.2) is 0 Å². The average Bonchev–Trinajstić information content (AvgIpc) is 2.53. The second-order valence-corrected chi connectivity index (χ2v) is 5.49. The average molecular weight is 276 g/mol. The first-order valence-electron chi connectivity index (χ1n) is 7.39. The summed E-state index contributed by atoms with van der Waals surface area (Å²) in [4.78, 5) is 4.40. The van der Waals surface area contributed by atoms with Gasteiger partial charge in [0.2, 0.25) is 0 Å². The maximum Gasteiger partial charge on any atom is 0.0705 e. The van der Waals surface area contributed by atoms with E-state index in [1.54, 1.807) is 0 Å². The molecular formula is C19H20N2. The minimum absolute atomic E-state index is 0.0394. The Balaban J connectivity index is 1.81. The Labute approximate surface area is 125 Å². The van der Waals surface area contributed by atoms with Gasteiger partial charge in [0, 0.05) is 17.6 Å². The lowest BCUT2D eigenvalue weighted by Crippen LogP contribution is -2.12. The zero-order valence-corrected chi connectivity index (χ0v) is 12.3. The van der Waals surface area contributed by atoms with E-state index in [0.717, 1.165) is 23.7 Å². The van der Waals surface area contributed by atoms with Crippen LogP contribution in [0.2, 0.25) is 0 Å². The standard InChI is InChI=1S/C19H20N2/c1-14-6-2-3-7-15(14)11-12-18(20)16-8-4-10-19-17(16)9-5-13-21-19/h2-10,13,18H,11-12,20H2,1H3. The lowest BCUT2D eigenvalue weighted by Gasteiger charge is -2.15. The minimum atomic E-state index is 0.0394. The maximum atomic E-state index is 6.43. The topological polar surface area (TPSA) is 38.9 Å². The van der Waals surface area contributed by atoms with Crippen LogP contribution < -0.4 is 5.73 Å². The van der Waals surface area contributed by atoms with Crippen molar-refractivity contribution >= 4 is 10.9 Å². The fourth-order valence-electron chi connectivity index (χ4n) is 2.81. The van der Waals surface area contributed by atoms with Crippen LogP contribution in [0.25, 0.3) is 10.9 Å². The third-order valence-corrected chi connectivity index (χ3v) is 4.06. The van der Waals surface area contributed by atoms with E-state index in [1.165, 1.54) is 16.7 Å². The molecule has 1 unspecified atom stereocenters. The van der Waals surface area contributed by atoms with Crippen LogP contribution >= 0.6 is 0 Å². The van der Waals surface area contributed by atoms with Gasteiger partial charge >= 0.3 is 0 Å². The molecule has 0 spiro atoms. The lowest BCUT2D eigenvalue weighted by molar-refractivity contribution is 0.654. The Bertz CT molecular complexity index is 744. The number of pyridine rings is 1. The summed E-state index contributed by atoms with van der Waals surface area (Å²) >= 11 is 0. The van der Waals surface area contributed by atoms with E-state index in [0.29, 0.717) is 0 Å². The van der Waals surface area contributed by atoms with Crippen LogP contribution in [0.3, 0.4) is 0 Å². The van der Waals surface area contributed by atoms with E-state index in [1.807, 2.05) is 24.4 Å². The molecule has 3 rings (SSSR count). The first kappa shape index (κ1) is 13.8. The molecule has 0 aliphatic carbocycles. The normalized spacial score (nSPS) is 12.5. The molecule has 1 aromatic heterocycles. The predicted molar refractivity (Wildman–Crippen MR) is 88.2 cm³/mol. The van der Waals surface area contributed by atoms with E-state index in [-0.39, 0.29) is 6.04 Å². The number of hydrogen-bond acceptors (Lipinski definition) is 2. The van der Waals surface area contributed by atoms with Gasteiger partial charge < -0.3 is 5.73 Å². The van der Waals surface area contributed by atoms with Gasteiger partial charge in [-0.3, -0.25) is 4.98 Å². The van der Waals surface area contributed by atoms with E-state index in [2.05, 4.69) is 48.3 Å². The molecule has 1 atom stereocenters. The van der Waals surface area contributed by atoms with Crippen LogP contribution in [0.5, 0.6) is 0 Å². The van der Waals surface area contributed by atoms with Crippen molar-refractivity contribution in [3.8, 4) is 0 Å². The first-order chi connectivity index (χ1) is 10.3. The number of aromatic nitrogens is 1. The molecule has 0 saturated heterocycles. The van der Waals surface area contributed by atoms with Crippen molar-refractivity contribution in [1.82, 2.24) is 4.98 Å². The summed E-state index contributed by atoms with van der Waals surface area (Å²) in [7, 11) is 0. The summed E-state index contributed by atoms with van der Waals surface area (Å²) in [5.74, 6) is 0. The van der Waals surface area contributed by atoms with Gasteiger partial charge in [-0.1, -0.05) is 42.5 Å². The smallest absolute Gasteiger partial charge is 0.0705 e. The third kappa shape index (κ3) is 2.96. The highest BCUT2D eigenvalue weighted by Gasteiger charge is 2.10. The van der Waals surface area contributed by atoms with Crippen LogP contribution in [-0.4, -0.2) is 4.98 Å². The Morgan fingerprint density at radius 3 is 2.71 bits per heavy atom. The molecule has 21 heavy (non-hydrogen) atoms. The summed E-state index contributed by atoms with van der Waals surface area (Å²) in [5, 5.41) is 1.16. The molecule has 2 heteroatoms. The number of nitrogens with zero attached hydrogens (tertiary/aromatic N) is 1. The van der Waals surface area contributed by atoms with Crippen molar-refractivity contribution in [2.45, 2.75) is 25.8 Å². The second-order valence-electron chi connectivity index (χ2n) is 5.49. The third-order valence-electron chi connectivity index (χ3n) is 4.06. The molecule has 3 aromatic rings. The minimum Gasteiger partial charge on any atom is -0.324 e. The molecule has 0 aliphatic rings. The first-order valence-corrected chi connectivity index (χ1v) is 7.39. The summed E-state index contributed by atoms with van der Waals surface area (Å²) in [6.07, 6.45) is 3.77. The molecule has 0 fully saturated rings. The Morgan fingerprint density at radius 1 is 1.00 bits per heavy atom. The Morgan fingerprint density at radius 2 is 1.86 bits per heavy atom. The Kier molecular flexibility index (Phi) is 3.98. The van der Waals surface area contributed by atoms with Crippen molar-refractivity contribution in [3.63, 3.8) is 0 Å². The molecule has 0 radical (unpaired) electrons. The second kappa shape index (κ2) is 6.06. The van der Waals surface area contributed by atoms with Gasteiger partial charge in [-0.2, -0.15) is 0 Å². The molecule has 0 bridgehead atoms. The van der Waals surface area contributed by atoms with Gasteiger partial charge in [-0.25, -0.2) is 0 Å². The summed E-state index contributed by atoms with van der Waals surface area (Å²) < 4.78 is 0. The molecule has 0 saturated carbocycles. The fraction of sp³-hybridized carbons (Fsp3) is 0.211. The number of nitrogens with two attached hydrogens (primary N) is 1.